The molecule has 198 valence electrons. The SMILES string of the molecule is C=CC(=O)N1CCN(c2nc(=O)n3c4c(c(-c5ccc(F)cc5F)c(C(F)(F)F)cc24)SCCC3)CC1=C. The van der Waals surface area contributed by atoms with Crippen LogP contribution in [0, 0.1) is 11.6 Å². The highest BCUT2D eigenvalue weighted by Crippen LogP contribution is 2.48. The Bertz CT molecular complexity index is 1570. The van der Waals surface area contributed by atoms with Crippen LogP contribution in [0.4, 0.5) is 27.8 Å². The zero-order valence-corrected chi connectivity index (χ0v) is 20.8. The van der Waals surface area contributed by atoms with Gasteiger partial charge in [-0.1, -0.05) is 13.2 Å². The number of carbonyl (C=O) groups is 1. The molecule has 1 fully saturated rings. The number of aryl methyl sites for hydroxylation is 1. The molecule has 0 aliphatic carbocycles. The molecule has 0 radical (unpaired) electrons. The van der Waals surface area contributed by atoms with E-state index in [1.807, 2.05) is 0 Å². The molecule has 5 rings (SSSR count). The summed E-state index contributed by atoms with van der Waals surface area (Å²) in [5, 5.41) is 0.0730. The number of hydrogen-bond donors (Lipinski definition) is 0. The molecular formula is C26H21F5N4O2S. The number of alkyl halides is 3. The summed E-state index contributed by atoms with van der Waals surface area (Å²) >= 11 is 1.09. The van der Waals surface area contributed by atoms with Crippen LogP contribution >= 0.6 is 11.8 Å². The first-order chi connectivity index (χ1) is 18.0. The number of aromatic nitrogens is 2. The Labute approximate surface area is 218 Å². The van der Waals surface area contributed by atoms with E-state index >= 15 is 0 Å². The molecule has 0 unspecified atom stereocenters. The second-order valence-electron chi connectivity index (χ2n) is 8.90. The predicted molar refractivity (Wildman–Crippen MR) is 135 cm³/mol. The van der Waals surface area contributed by atoms with E-state index in [4.69, 9.17) is 0 Å². The Kier molecular flexibility index (Phi) is 6.54. The van der Waals surface area contributed by atoms with Crippen molar-refractivity contribution in [3.8, 4) is 11.1 Å². The van der Waals surface area contributed by atoms with E-state index in [1.54, 1.807) is 4.90 Å². The Morgan fingerprint density at radius 1 is 1.13 bits per heavy atom. The fourth-order valence-electron chi connectivity index (χ4n) is 4.88. The zero-order valence-electron chi connectivity index (χ0n) is 19.9. The summed E-state index contributed by atoms with van der Waals surface area (Å²) in [4.78, 5) is 32.5. The molecule has 2 aliphatic rings. The minimum atomic E-state index is -4.90. The highest BCUT2D eigenvalue weighted by Gasteiger charge is 2.39. The van der Waals surface area contributed by atoms with Crippen molar-refractivity contribution in [2.75, 3.05) is 30.3 Å². The van der Waals surface area contributed by atoms with Crippen molar-refractivity contribution < 1.29 is 26.7 Å². The van der Waals surface area contributed by atoms with Gasteiger partial charge in [0.1, 0.15) is 17.5 Å². The van der Waals surface area contributed by atoms with E-state index < -0.39 is 40.2 Å². The minimum absolute atomic E-state index is 0.0217. The summed E-state index contributed by atoms with van der Waals surface area (Å²) in [5.74, 6) is -2.02. The highest BCUT2D eigenvalue weighted by molar-refractivity contribution is 7.99. The molecule has 6 nitrogen and oxygen atoms in total. The summed E-state index contributed by atoms with van der Waals surface area (Å²) in [6.45, 7) is 7.97. The summed E-state index contributed by atoms with van der Waals surface area (Å²) in [5.41, 5.74) is -2.04. The second kappa shape index (κ2) is 9.57. The summed E-state index contributed by atoms with van der Waals surface area (Å²) < 4.78 is 73.5. The normalized spacial score (nSPS) is 16.1. The lowest BCUT2D eigenvalue weighted by Gasteiger charge is -2.37. The fourth-order valence-corrected chi connectivity index (χ4v) is 6.08. The molecule has 0 saturated carbocycles. The molecule has 2 aliphatic heterocycles. The van der Waals surface area contributed by atoms with Crippen molar-refractivity contribution >= 4 is 34.4 Å². The van der Waals surface area contributed by atoms with Crippen LogP contribution in [0.1, 0.15) is 12.0 Å². The van der Waals surface area contributed by atoms with Gasteiger partial charge in [0.25, 0.3) is 0 Å². The van der Waals surface area contributed by atoms with E-state index in [2.05, 4.69) is 18.1 Å². The van der Waals surface area contributed by atoms with Gasteiger partial charge in [0, 0.05) is 52.8 Å². The van der Waals surface area contributed by atoms with Crippen LogP contribution < -0.4 is 10.6 Å². The largest absolute Gasteiger partial charge is 0.417 e. The first-order valence-corrected chi connectivity index (χ1v) is 12.6. The first-order valence-electron chi connectivity index (χ1n) is 11.6. The van der Waals surface area contributed by atoms with Crippen molar-refractivity contribution in [2.24, 2.45) is 0 Å². The number of piperazine rings is 1. The second-order valence-corrected chi connectivity index (χ2v) is 10.0. The molecule has 38 heavy (non-hydrogen) atoms. The van der Waals surface area contributed by atoms with E-state index in [1.165, 1.54) is 9.47 Å². The third-order valence-corrected chi connectivity index (χ3v) is 7.74. The molecular weight excluding hydrogens is 527 g/mol. The van der Waals surface area contributed by atoms with Gasteiger partial charge in [0.15, 0.2) is 0 Å². The number of amides is 1. The molecule has 0 spiro atoms. The number of hydrogen-bond acceptors (Lipinski definition) is 5. The Hall–Kier alpha value is -3.67. The molecule has 0 atom stereocenters. The van der Waals surface area contributed by atoms with Gasteiger partial charge in [-0.15, -0.1) is 11.8 Å². The van der Waals surface area contributed by atoms with Crippen LogP contribution in [0.15, 0.2) is 58.9 Å². The molecule has 1 aromatic heterocycles. The molecule has 1 saturated heterocycles. The lowest BCUT2D eigenvalue weighted by molar-refractivity contribution is -0.137. The third kappa shape index (κ3) is 4.36. The average Bonchev–Trinajstić information content (AvgIpc) is 3.09. The summed E-state index contributed by atoms with van der Waals surface area (Å²) in [6, 6.07) is 3.30. The van der Waals surface area contributed by atoms with Crippen LogP contribution in [0.5, 0.6) is 0 Å². The van der Waals surface area contributed by atoms with E-state index in [0.717, 1.165) is 36.0 Å². The number of benzene rings is 2. The molecule has 2 aromatic carbocycles. The van der Waals surface area contributed by atoms with Gasteiger partial charge in [-0.25, -0.2) is 13.6 Å². The van der Waals surface area contributed by atoms with Crippen LogP contribution in [-0.4, -0.2) is 45.7 Å². The van der Waals surface area contributed by atoms with Crippen LogP contribution in [-0.2, 0) is 17.5 Å². The third-order valence-electron chi connectivity index (χ3n) is 6.57. The maximum Gasteiger partial charge on any atom is 0.417 e. The van der Waals surface area contributed by atoms with Gasteiger partial charge in [-0.2, -0.15) is 18.2 Å². The van der Waals surface area contributed by atoms with Gasteiger partial charge >= 0.3 is 11.9 Å². The smallest absolute Gasteiger partial charge is 0.348 e. The first kappa shape index (κ1) is 26.0. The van der Waals surface area contributed by atoms with Crippen LogP contribution in [0.3, 0.4) is 0 Å². The zero-order chi connectivity index (χ0) is 27.4. The minimum Gasteiger partial charge on any atom is -0.348 e. The van der Waals surface area contributed by atoms with Gasteiger partial charge < -0.3 is 9.80 Å². The molecule has 0 bridgehead atoms. The van der Waals surface area contributed by atoms with E-state index in [9.17, 15) is 31.5 Å². The van der Waals surface area contributed by atoms with Crippen molar-refractivity contribution in [2.45, 2.75) is 24.0 Å². The maximum absolute atomic E-state index is 14.9. The number of anilines is 1. The molecule has 1 amide bonds. The number of nitrogens with zero attached hydrogens (tertiary/aromatic N) is 4. The summed E-state index contributed by atoms with van der Waals surface area (Å²) in [6.07, 6.45) is -3.29. The number of thioether (sulfide) groups is 1. The Morgan fingerprint density at radius 3 is 2.55 bits per heavy atom. The predicted octanol–water partition coefficient (Wildman–Crippen LogP) is 5.20. The number of rotatable bonds is 3. The average molecular weight is 549 g/mol. The quantitative estimate of drug-likeness (QED) is 0.333. The van der Waals surface area contributed by atoms with Crippen molar-refractivity contribution in [3.05, 3.63) is 76.9 Å². The maximum atomic E-state index is 14.9. The molecule has 0 N–H and O–H groups in total. The van der Waals surface area contributed by atoms with E-state index in [0.29, 0.717) is 23.9 Å². The van der Waals surface area contributed by atoms with Crippen molar-refractivity contribution in [1.29, 1.82) is 0 Å². The van der Waals surface area contributed by atoms with Gasteiger partial charge in [0.05, 0.1) is 17.6 Å². The topological polar surface area (TPSA) is 58.4 Å². The van der Waals surface area contributed by atoms with E-state index in [-0.39, 0.29) is 53.7 Å². The van der Waals surface area contributed by atoms with Gasteiger partial charge in [-0.3, -0.25) is 9.36 Å². The number of halogens is 5. The fraction of sp³-hybridized carbons (Fsp3) is 0.269. The van der Waals surface area contributed by atoms with Crippen molar-refractivity contribution in [3.63, 3.8) is 0 Å². The van der Waals surface area contributed by atoms with Gasteiger partial charge in [0.2, 0.25) is 5.91 Å². The molecule has 12 heteroatoms. The molecule has 3 heterocycles. The summed E-state index contributed by atoms with van der Waals surface area (Å²) in [7, 11) is 0. The highest BCUT2D eigenvalue weighted by atomic mass is 32.2. The van der Waals surface area contributed by atoms with Gasteiger partial charge in [-0.05, 0) is 36.4 Å². The standard InChI is InChI=1S/C26H21F5N4O2S/c1-3-20(36)34-9-8-33(13-14(34)2)24-17-12-18(26(29,30)31)21(16-6-5-15(27)11-19(16)28)23-22(17)35(25(37)32-24)7-4-10-38-23/h3,5-6,11-12H,1-2,4,7-10,13H2. The molecule has 3 aromatic rings. The Balaban J connectivity index is 1.81. The Morgan fingerprint density at radius 2 is 1.89 bits per heavy atom. The number of carbonyl (C=O) groups excluding carboxylic acids is 1. The van der Waals surface area contributed by atoms with Crippen LogP contribution in [0.25, 0.3) is 22.0 Å². The monoisotopic (exact) mass is 548 g/mol. The lowest BCUT2D eigenvalue weighted by atomic mass is 9.95. The van der Waals surface area contributed by atoms with Crippen LogP contribution in [0.2, 0.25) is 0 Å². The lowest BCUT2D eigenvalue weighted by Crippen LogP contribution is -2.47. The van der Waals surface area contributed by atoms with Crippen molar-refractivity contribution in [1.82, 2.24) is 14.5 Å².